The van der Waals surface area contributed by atoms with Gasteiger partial charge in [-0.3, -0.25) is 4.79 Å². The van der Waals surface area contributed by atoms with Crippen LogP contribution in [0.4, 0.5) is 0 Å². The summed E-state index contributed by atoms with van der Waals surface area (Å²) in [6, 6.07) is 3.53. The van der Waals surface area contributed by atoms with Gasteiger partial charge in [-0.15, -0.1) is 15.0 Å². The van der Waals surface area contributed by atoms with E-state index in [0.29, 0.717) is 28.6 Å². The Balaban J connectivity index is 1.69. The van der Waals surface area contributed by atoms with E-state index in [4.69, 9.17) is 4.74 Å². The highest BCUT2D eigenvalue weighted by molar-refractivity contribution is 5.72. The minimum absolute atomic E-state index is 0.0253. The maximum atomic E-state index is 13.4. The second kappa shape index (κ2) is 5.88. The fourth-order valence-corrected chi connectivity index (χ4v) is 4.77. The number of piperidine rings is 1. The molecule has 0 bridgehead atoms. The van der Waals surface area contributed by atoms with E-state index in [2.05, 4.69) is 32.4 Å². The minimum Gasteiger partial charge on any atom is -0.481 e. The Labute approximate surface area is 156 Å². The molecule has 0 radical (unpaired) electrons. The molecular weight excluding hydrogens is 344 g/mol. The highest BCUT2D eigenvalue weighted by Gasteiger charge is 2.46. The van der Waals surface area contributed by atoms with Crippen LogP contribution in [0.3, 0.4) is 0 Å². The smallest absolute Gasteiger partial charge is 0.215 e. The molecule has 2 aliphatic rings. The molecule has 1 fully saturated rings. The molecule has 2 N–H and O–H groups in total. The highest BCUT2D eigenvalue weighted by atomic mass is 16.5. The van der Waals surface area contributed by atoms with Crippen molar-refractivity contribution in [1.29, 1.82) is 0 Å². The molecule has 0 aromatic carbocycles. The van der Waals surface area contributed by atoms with Crippen LogP contribution < -0.4 is 15.5 Å². The van der Waals surface area contributed by atoms with Gasteiger partial charge in [0.15, 0.2) is 11.2 Å². The molecular formula is C19H22N6O2. The second-order valence-electron chi connectivity index (χ2n) is 7.62. The SMILES string of the molecule is COc1cc(-n2nc3[nH]c4c(c(=O)c3n2)C2(CCNCC2)C[C@H]4C)ccn1. The normalized spacial score (nSPS) is 20.9. The molecule has 0 saturated carbocycles. The lowest BCUT2D eigenvalue weighted by Crippen LogP contribution is -2.41. The third kappa shape index (κ3) is 2.39. The summed E-state index contributed by atoms with van der Waals surface area (Å²) in [6.45, 7) is 4.09. The molecule has 0 amide bonds. The largest absolute Gasteiger partial charge is 0.481 e. The van der Waals surface area contributed by atoms with Crippen molar-refractivity contribution >= 4 is 11.2 Å². The van der Waals surface area contributed by atoms with Gasteiger partial charge in [-0.2, -0.15) is 0 Å². The van der Waals surface area contributed by atoms with Gasteiger partial charge in [0.2, 0.25) is 11.3 Å². The molecule has 3 aromatic heterocycles. The number of hydrogen-bond acceptors (Lipinski definition) is 6. The summed E-state index contributed by atoms with van der Waals surface area (Å²) in [5, 5.41) is 12.4. The van der Waals surface area contributed by atoms with Crippen LogP contribution in [0.5, 0.6) is 5.88 Å². The van der Waals surface area contributed by atoms with Gasteiger partial charge in [0.1, 0.15) is 0 Å². The van der Waals surface area contributed by atoms with Crippen LogP contribution in [0.2, 0.25) is 0 Å². The van der Waals surface area contributed by atoms with Crippen LogP contribution >= 0.6 is 0 Å². The number of pyridine rings is 2. The van der Waals surface area contributed by atoms with Crippen LogP contribution in [-0.2, 0) is 5.41 Å². The fraction of sp³-hybridized carbons (Fsp3) is 0.474. The number of hydrogen-bond donors (Lipinski definition) is 2. The summed E-state index contributed by atoms with van der Waals surface area (Å²) in [7, 11) is 1.56. The maximum absolute atomic E-state index is 13.4. The zero-order valence-electron chi connectivity index (χ0n) is 15.5. The molecule has 27 heavy (non-hydrogen) atoms. The first-order valence-corrected chi connectivity index (χ1v) is 9.36. The van der Waals surface area contributed by atoms with Crippen molar-refractivity contribution in [2.45, 2.75) is 37.5 Å². The van der Waals surface area contributed by atoms with E-state index in [1.807, 2.05) is 0 Å². The van der Waals surface area contributed by atoms with Crippen molar-refractivity contribution in [2.75, 3.05) is 20.2 Å². The average Bonchev–Trinajstić information content (AvgIpc) is 3.23. The van der Waals surface area contributed by atoms with Crippen LogP contribution in [0.25, 0.3) is 16.9 Å². The van der Waals surface area contributed by atoms with Crippen LogP contribution in [-0.4, -0.2) is 45.2 Å². The summed E-state index contributed by atoms with van der Waals surface area (Å²) in [5.74, 6) is 0.798. The Bertz CT molecular complexity index is 1080. The number of fused-ring (bicyclic) bond motifs is 3. The maximum Gasteiger partial charge on any atom is 0.215 e. The first kappa shape index (κ1) is 16.4. The molecule has 140 valence electrons. The van der Waals surface area contributed by atoms with Gasteiger partial charge in [-0.1, -0.05) is 6.92 Å². The molecule has 8 nitrogen and oxygen atoms in total. The molecule has 5 rings (SSSR count). The van der Waals surface area contributed by atoms with E-state index >= 15 is 0 Å². The Morgan fingerprint density at radius 2 is 2.11 bits per heavy atom. The van der Waals surface area contributed by atoms with Crippen molar-refractivity contribution in [3.63, 3.8) is 0 Å². The first-order valence-electron chi connectivity index (χ1n) is 9.36. The Morgan fingerprint density at radius 1 is 1.30 bits per heavy atom. The predicted octanol–water partition coefficient (Wildman–Crippen LogP) is 1.64. The van der Waals surface area contributed by atoms with E-state index in [1.165, 1.54) is 4.80 Å². The summed E-state index contributed by atoms with van der Waals surface area (Å²) in [4.78, 5) is 22.4. The molecule has 1 aliphatic heterocycles. The zero-order valence-corrected chi connectivity index (χ0v) is 15.5. The number of nitrogens with one attached hydrogen (secondary N) is 2. The van der Waals surface area contributed by atoms with E-state index in [1.54, 1.807) is 25.4 Å². The third-order valence-corrected chi connectivity index (χ3v) is 6.02. The highest BCUT2D eigenvalue weighted by Crippen LogP contribution is 2.48. The van der Waals surface area contributed by atoms with Gasteiger partial charge in [0.05, 0.1) is 12.8 Å². The van der Waals surface area contributed by atoms with Crippen molar-refractivity contribution in [1.82, 2.24) is 30.3 Å². The molecule has 1 atom stereocenters. The molecule has 1 spiro atoms. The minimum atomic E-state index is -0.0363. The monoisotopic (exact) mass is 366 g/mol. The van der Waals surface area contributed by atoms with Crippen molar-refractivity contribution in [3.05, 3.63) is 39.8 Å². The van der Waals surface area contributed by atoms with Crippen molar-refractivity contribution in [2.24, 2.45) is 0 Å². The molecule has 4 heterocycles. The number of methoxy groups -OCH3 is 1. The van der Waals surface area contributed by atoms with Gasteiger partial charge in [0.25, 0.3) is 0 Å². The van der Waals surface area contributed by atoms with Crippen LogP contribution in [0.1, 0.15) is 43.4 Å². The summed E-state index contributed by atoms with van der Waals surface area (Å²) in [6.07, 6.45) is 4.64. The second-order valence-corrected chi connectivity index (χ2v) is 7.62. The van der Waals surface area contributed by atoms with Gasteiger partial charge < -0.3 is 15.0 Å². The van der Waals surface area contributed by atoms with Gasteiger partial charge in [-0.25, -0.2) is 4.98 Å². The number of aromatic nitrogens is 5. The summed E-state index contributed by atoms with van der Waals surface area (Å²) >= 11 is 0. The summed E-state index contributed by atoms with van der Waals surface area (Å²) in [5.41, 5.74) is 3.60. The number of ether oxygens (including phenoxy) is 1. The van der Waals surface area contributed by atoms with Gasteiger partial charge in [-0.05, 0) is 44.3 Å². The molecule has 1 aliphatic carbocycles. The molecule has 8 heteroatoms. The lowest BCUT2D eigenvalue weighted by molar-refractivity contribution is 0.295. The van der Waals surface area contributed by atoms with E-state index in [9.17, 15) is 4.79 Å². The Morgan fingerprint density at radius 3 is 2.89 bits per heavy atom. The number of H-pyrrole nitrogens is 1. The lowest BCUT2D eigenvalue weighted by atomic mass is 9.74. The van der Waals surface area contributed by atoms with E-state index in [0.717, 1.165) is 43.6 Å². The standard InChI is InChI=1S/C19H22N6O2/c1-11-10-19(4-7-20-8-5-19)14-15(11)22-18-16(17(14)26)23-25(24-18)12-3-6-21-13(9-12)27-2/h3,6,9,11,20H,4-5,7-8,10H2,1-2H3,(H,22,24)/t11-/m1/s1. The van der Waals surface area contributed by atoms with Crippen molar-refractivity contribution in [3.8, 4) is 11.6 Å². The summed E-state index contributed by atoms with van der Waals surface area (Å²) < 4.78 is 5.17. The predicted molar refractivity (Wildman–Crippen MR) is 101 cm³/mol. The average molecular weight is 366 g/mol. The Hall–Kier alpha value is -2.74. The topological polar surface area (TPSA) is 97.7 Å². The van der Waals surface area contributed by atoms with Crippen molar-refractivity contribution < 1.29 is 4.74 Å². The lowest BCUT2D eigenvalue weighted by Gasteiger charge is -2.34. The van der Waals surface area contributed by atoms with Crippen LogP contribution in [0, 0.1) is 0 Å². The third-order valence-electron chi connectivity index (χ3n) is 6.02. The Kier molecular flexibility index (Phi) is 3.58. The van der Waals surface area contributed by atoms with Gasteiger partial charge >= 0.3 is 0 Å². The molecule has 1 saturated heterocycles. The fourth-order valence-electron chi connectivity index (χ4n) is 4.77. The zero-order chi connectivity index (χ0) is 18.6. The number of nitrogens with zero attached hydrogens (tertiary/aromatic N) is 4. The van der Waals surface area contributed by atoms with Gasteiger partial charge in [0, 0.05) is 28.9 Å². The number of aromatic amines is 1. The van der Waals surface area contributed by atoms with E-state index < -0.39 is 0 Å². The van der Waals surface area contributed by atoms with E-state index in [-0.39, 0.29) is 10.8 Å². The molecule has 3 aromatic rings. The number of rotatable bonds is 2. The van der Waals surface area contributed by atoms with Crippen LogP contribution in [0.15, 0.2) is 23.1 Å². The molecule has 0 unspecified atom stereocenters. The quantitative estimate of drug-likeness (QED) is 0.716. The first-order chi connectivity index (χ1) is 13.1.